The average molecular weight is 174 g/mol. The van der Waals surface area contributed by atoms with E-state index in [1.54, 1.807) is 0 Å². The molecule has 72 valence electrons. The predicted octanol–water partition coefficient (Wildman–Crippen LogP) is 2.06. The maximum atomic E-state index is 10.2. The summed E-state index contributed by atoms with van der Waals surface area (Å²) in [5.41, 5.74) is 0. The molecule has 0 aliphatic heterocycles. The molecule has 3 nitrogen and oxygen atoms in total. The number of hydrogen-bond donors (Lipinski definition) is 1. The van der Waals surface area contributed by atoms with Crippen molar-refractivity contribution in [1.82, 2.24) is 0 Å². The first-order chi connectivity index (χ1) is 5.70. The van der Waals surface area contributed by atoms with E-state index in [1.165, 1.54) is 0 Å². The summed E-state index contributed by atoms with van der Waals surface area (Å²) in [6, 6.07) is 0. The molecule has 0 aromatic rings. The Morgan fingerprint density at radius 2 is 2.17 bits per heavy atom. The standard InChI is InChI=1S/C9H18O3/c1-3-5-6-8(4-2)12-7-9(10)11/h8H,3-7H2,1-2H3,(H,10,11). The van der Waals surface area contributed by atoms with Crippen LogP contribution in [0, 0.1) is 0 Å². The monoisotopic (exact) mass is 174 g/mol. The number of hydrogen-bond acceptors (Lipinski definition) is 2. The molecule has 0 aromatic carbocycles. The van der Waals surface area contributed by atoms with Crippen LogP contribution in [0.25, 0.3) is 0 Å². The Hall–Kier alpha value is -0.570. The Kier molecular flexibility index (Phi) is 6.76. The van der Waals surface area contributed by atoms with Crippen LogP contribution in [0.5, 0.6) is 0 Å². The van der Waals surface area contributed by atoms with Crippen LogP contribution in [0.4, 0.5) is 0 Å². The van der Waals surface area contributed by atoms with E-state index in [0.717, 1.165) is 25.7 Å². The molecule has 1 N–H and O–H groups in total. The second kappa shape index (κ2) is 7.10. The van der Waals surface area contributed by atoms with Gasteiger partial charge in [-0.3, -0.25) is 0 Å². The molecular weight excluding hydrogens is 156 g/mol. The first-order valence-electron chi connectivity index (χ1n) is 4.54. The van der Waals surface area contributed by atoms with E-state index in [4.69, 9.17) is 9.84 Å². The van der Waals surface area contributed by atoms with Gasteiger partial charge in [0.1, 0.15) is 6.61 Å². The van der Waals surface area contributed by atoms with Crippen molar-refractivity contribution in [2.45, 2.75) is 45.6 Å². The third-order valence-electron chi connectivity index (χ3n) is 1.78. The van der Waals surface area contributed by atoms with Gasteiger partial charge in [0.25, 0.3) is 0 Å². The number of carboxylic acids is 1. The molecule has 3 heteroatoms. The van der Waals surface area contributed by atoms with E-state index in [2.05, 4.69) is 6.92 Å². The lowest BCUT2D eigenvalue weighted by molar-refractivity contribution is -0.144. The summed E-state index contributed by atoms with van der Waals surface area (Å²) in [4.78, 5) is 10.2. The summed E-state index contributed by atoms with van der Waals surface area (Å²) >= 11 is 0. The topological polar surface area (TPSA) is 46.5 Å². The van der Waals surface area contributed by atoms with Gasteiger partial charge in [0, 0.05) is 0 Å². The van der Waals surface area contributed by atoms with Gasteiger partial charge in [-0.05, 0) is 12.8 Å². The van der Waals surface area contributed by atoms with Gasteiger partial charge in [0.05, 0.1) is 6.10 Å². The third kappa shape index (κ3) is 6.16. The van der Waals surface area contributed by atoms with Gasteiger partial charge in [0.2, 0.25) is 0 Å². The zero-order valence-electron chi connectivity index (χ0n) is 7.88. The average Bonchev–Trinajstić information content (AvgIpc) is 2.05. The minimum Gasteiger partial charge on any atom is -0.480 e. The highest BCUT2D eigenvalue weighted by molar-refractivity contribution is 5.68. The molecule has 1 atom stereocenters. The van der Waals surface area contributed by atoms with Crippen LogP contribution < -0.4 is 0 Å². The summed E-state index contributed by atoms with van der Waals surface area (Å²) in [5.74, 6) is -0.884. The van der Waals surface area contributed by atoms with Crippen molar-refractivity contribution >= 4 is 5.97 Å². The summed E-state index contributed by atoms with van der Waals surface area (Å²) in [7, 11) is 0. The SMILES string of the molecule is CCCCC(CC)OCC(=O)O. The van der Waals surface area contributed by atoms with E-state index in [1.807, 2.05) is 6.92 Å². The molecule has 0 radical (unpaired) electrons. The number of aliphatic carboxylic acids is 1. The molecule has 0 bridgehead atoms. The lowest BCUT2D eigenvalue weighted by Gasteiger charge is -2.13. The van der Waals surface area contributed by atoms with E-state index in [-0.39, 0.29) is 12.7 Å². The van der Waals surface area contributed by atoms with Crippen molar-refractivity contribution < 1.29 is 14.6 Å². The van der Waals surface area contributed by atoms with Crippen LogP contribution in [-0.2, 0) is 9.53 Å². The lowest BCUT2D eigenvalue weighted by atomic mass is 10.1. The normalized spacial score (nSPS) is 12.8. The van der Waals surface area contributed by atoms with Crippen LogP contribution in [0.1, 0.15) is 39.5 Å². The number of unbranched alkanes of at least 4 members (excludes halogenated alkanes) is 1. The molecule has 0 fully saturated rings. The Balaban J connectivity index is 3.45. The van der Waals surface area contributed by atoms with Gasteiger partial charge in [-0.1, -0.05) is 26.7 Å². The maximum absolute atomic E-state index is 10.2. The van der Waals surface area contributed by atoms with Crippen molar-refractivity contribution in [3.8, 4) is 0 Å². The Morgan fingerprint density at radius 1 is 1.50 bits per heavy atom. The van der Waals surface area contributed by atoms with E-state index < -0.39 is 5.97 Å². The van der Waals surface area contributed by atoms with E-state index in [9.17, 15) is 4.79 Å². The molecule has 0 aliphatic rings. The Morgan fingerprint density at radius 3 is 2.58 bits per heavy atom. The molecule has 12 heavy (non-hydrogen) atoms. The van der Waals surface area contributed by atoms with Crippen LogP contribution in [0.15, 0.2) is 0 Å². The fourth-order valence-corrected chi connectivity index (χ4v) is 1.03. The molecule has 0 spiro atoms. The third-order valence-corrected chi connectivity index (χ3v) is 1.78. The van der Waals surface area contributed by atoms with Crippen LogP contribution in [0.2, 0.25) is 0 Å². The van der Waals surface area contributed by atoms with Gasteiger partial charge < -0.3 is 9.84 Å². The minimum absolute atomic E-state index is 0.126. The molecule has 0 saturated heterocycles. The highest BCUT2D eigenvalue weighted by Gasteiger charge is 2.07. The molecular formula is C9H18O3. The van der Waals surface area contributed by atoms with Gasteiger partial charge in [-0.15, -0.1) is 0 Å². The first-order valence-corrected chi connectivity index (χ1v) is 4.54. The van der Waals surface area contributed by atoms with Crippen LogP contribution in [-0.4, -0.2) is 23.8 Å². The smallest absolute Gasteiger partial charge is 0.329 e. The number of ether oxygens (including phenoxy) is 1. The molecule has 0 amide bonds. The molecule has 0 rings (SSSR count). The van der Waals surface area contributed by atoms with Gasteiger partial charge in [0.15, 0.2) is 0 Å². The summed E-state index contributed by atoms with van der Waals surface area (Å²) < 4.78 is 5.16. The fraction of sp³-hybridized carbons (Fsp3) is 0.889. The van der Waals surface area contributed by atoms with Gasteiger partial charge in [-0.25, -0.2) is 4.79 Å². The van der Waals surface area contributed by atoms with Crippen molar-refractivity contribution in [2.75, 3.05) is 6.61 Å². The Bertz CT molecular complexity index is 123. The summed E-state index contributed by atoms with van der Waals surface area (Å²) in [5, 5.41) is 8.36. The zero-order chi connectivity index (χ0) is 9.40. The zero-order valence-corrected chi connectivity index (χ0v) is 7.88. The molecule has 0 aliphatic carbocycles. The first kappa shape index (κ1) is 11.4. The van der Waals surface area contributed by atoms with Crippen LogP contribution in [0.3, 0.4) is 0 Å². The highest BCUT2D eigenvalue weighted by atomic mass is 16.5. The minimum atomic E-state index is -0.884. The van der Waals surface area contributed by atoms with E-state index >= 15 is 0 Å². The van der Waals surface area contributed by atoms with Crippen LogP contribution >= 0.6 is 0 Å². The Labute approximate surface area is 73.7 Å². The van der Waals surface area contributed by atoms with Gasteiger partial charge >= 0.3 is 5.97 Å². The van der Waals surface area contributed by atoms with Crippen molar-refractivity contribution in [3.63, 3.8) is 0 Å². The van der Waals surface area contributed by atoms with Crippen molar-refractivity contribution in [2.24, 2.45) is 0 Å². The molecule has 0 aromatic heterocycles. The van der Waals surface area contributed by atoms with Crippen molar-refractivity contribution in [3.05, 3.63) is 0 Å². The number of carboxylic acid groups (broad SMARTS) is 1. The summed E-state index contributed by atoms with van der Waals surface area (Å²) in [6.45, 7) is 3.97. The predicted molar refractivity (Wildman–Crippen MR) is 47.2 cm³/mol. The summed E-state index contributed by atoms with van der Waals surface area (Å²) in [6.07, 6.45) is 4.24. The molecule has 0 saturated carbocycles. The highest BCUT2D eigenvalue weighted by Crippen LogP contribution is 2.07. The molecule has 0 heterocycles. The van der Waals surface area contributed by atoms with E-state index in [0.29, 0.717) is 0 Å². The quantitative estimate of drug-likeness (QED) is 0.642. The maximum Gasteiger partial charge on any atom is 0.329 e. The second-order valence-electron chi connectivity index (χ2n) is 2.88. The largest absolute Gasteiger partial charge is 0.480 e. The number of rotatable bonds is 7. The number of carbonyl (C=O) groups is 1. The fourth-order valence-electron chi connectivity index (χ4n) is 1.03. The molecule has 1 unspecified atom stereocenters. The lowest BCUT2D eigenvalue weighted by Crippen LogP contribution is -2.17. The second-order valence-corrected chi connectivity index (χ2v) is 2.88. The van der Waals surface area contributed by atoms with Gasteiger partial charge in [-0.2, -0.15) is 0 Å². The van der Waals surface area contributed by atoms with Crippen molar-refractivity contribution in [1.29, 1.82) is 0 Å².